The number of amides is 1. The predicted octanol–water partition coefficient (Wildman–Crippen LogP) is 2.09. The molecular weight excluding hydrogens is 268 g/mol. The number of nitrogens with one attached hydrogen (secondary N) is 1. The molecule has 116 valence electrons. The molecule has 0 radical (unpaired) electrons. The Balaban J connectivity index is 2.01. The second-order valence-electron chi connectivity index (χ2n) is 5.78. The number of rotatable bonds is 4. The van der Waals surface area contributed by atoms with Crippen LogP contribution in [0.1, 0.15) is 48.9 Å². The minimum Gasteiger partial charge on any atom is -0.496 e. The number of nitrogens with two attached hydrogens (primary N) is 1. The van der Waals surface area contributed by atoms with Crippen LogP contribution in [0.5, 0.6) is 5.75 Å². The van der Waals surface area contributed by atoms with Gasteiger partial charge in [-0.1, -0.05) is 25.7 Å². The number of aliphatic hydroxyl groups is 1. The SMILES string of the molecule is COc1cc(N)ccc1C(=O)NCC1(O)CCCCCC1. The van der Waals surface area contributed by atoms with Gasteiger partial charge >= 0.3 is 0 Å². The first-order valence-corrected chi connectivity index (χ1v) is 7.48. The van der Waals surface area contributed by atoms with Crippen LogP contribution in [0.3, 0.4) is 0 Å². The van der Waals surface area contributed by atoms with Gasteiger partial charge in [0.1, 0.15) is 5.75 Å². The van der Waals surface area contributed by atoms with Gasteiger partial charge in [0.05, 0.1) is 18.3 Å². The number of hydrogen-bond donors (Lipinski definition) is 3. The van der Waals surface area contributed by atoms with Gasteiger partial charge in [0, 0.05) is 18.3 Å². The van der Waals surface area contributed by atoms with Gasteiger partial charge in [0.2, 0.25) is 0 Å². The lowest BCUT2D eigenvalue weighted by Crippen LogP contribution is -2.42. The zero-order chi connectivity index (χ0) is 15.3. The van der Waals surface area contributed by atoms with Crippen molar-refractivity contribution in [3.8, 4) is 5.75 Å². The van der Waals surface area contributed by atoms with Crippen molar-refractivity contribution in [3.05, 3.63) is 23.8 Å². The van der Waals surface area contributed by atoms with Crippen LogP contribution in [0.4, 0.5) is 5.69 Å². The molecule has 1 aliphatic rings. The largest absolute Gasteiger partial charge is 0.496 e. The summed E-state index contributed by atoms with van der Waals surface area (Å²) in [5.41, 5.74) is 5.88. The Bertz CT molecular complexity index is 494. The monoisotopic (exact) mass is 292 g/mol. The highest BCUT2D eigenvalue weighted by atomic mass is 16.5. The van der Waals surface area contributed by atoms with Gasteiger partial charge in [-0.05, 0) is 25.0 Å². The van der Waals surface area contributed by atoms with Crippen molar-refractivity contribution < 1.29 is 14.6 Å². The number of methoxy groups -OCH3 is 1. The molecule has 0 bridgehead atoms. The van der Waals surface area contributed by atoms with Crippen LogP contribution in [-0.2, 0) is 0 Å². The lowest BCUT2D eigenvalue weighted by molar-refractivity contribution is 0.0246. The van der Waals surface area contributed by atoms with E-state index in [0.717, 1.165) is 38.5 Å². The van der Waals surface area contributed by atoms with E-state index in [1.807, 2.05) is 0 Å². The Morgan fingerprint density at radius 3 is 2.62 bits per heavy atom. The normalized spacial score (nSPS) is 17.8. The molecule has 1 aromatic rings. The van der Waals surface area contributed by atoms with Crippen LogP contribution in [0.25, 0.3) is 0 Å². The van der Waals surface area contributed by atoms with Crippen LogP contribution < -0.4 is 15.8 Å². The summed E-state index contributed by atoms with van der Waals surface area (Å²) in [7, 11) is 1.50. The molecule has 0 aromatic heterocycles. The van der Waals surface area contributed by atoms with E-state index in [1.165, 1.54) is 7.11 Å². The van der Waals surface area contributed by atoms with E-state index in [0.29, 0.717) is 17.0 Å². The minimum absolute atomic E-state index is 0.246. The molecule has 0 atom stereocenters. The van der Waals surface area contributed by atoms with Crippen molar-refractivity contribution in [2.24, 2.45) is 0 Å². The fraction of sp³-hybridized carbons (Fsp3) is 0.562. The molecule has 0 aliphatic heterocycles. The number of ether oxygens (including phenoxy) is 1. The fourth-order valence-corrected chi connectivity index (χ4v) is 2.80. The molecule has 0 saturated heterocycles. The Hall–Kier alpha value is -1.75. The van der Waals surface area contributed by atoms with Crippen LogP contribution in [0, 0.1) is 0 Å². The molecule has 1 saturated carbocycles. The lowest BCUT2D eigenvalue weighted by atomic mass is 9.94. The van der Waals surface area contributed by atoms with E-state index >= 15 is 0 Å². The fourth-order valence-electron chi connectivity index (χ4n) is 2.80. The minimum atomic E-state index is -0.785. The van der Waals surface area contributed by atoms with Gasteiger partial charge in [0.15, 0.2) is 0 Å². The first kappa shape index (κ1) is 15.6. The molecule has 1 fully saturated rings. The lowest BCUT2D eigenvalue weighted by Gasteiger charge is -2.27. The van der Waals surface area contributed by atoms with E-state index in [2.05, 4.69) is 5.32 Å². The van der Waals surface area contributed by atoms with E-state index in [9.17, 15) is 9.90 Å². The molecule has 1 aliphatic carbocycles. The quantitative estimate of drug-likeness (QED) is 0.586. The number of carbonyl (C=O) groups is 1. The molecule has 2 rings (SSSR count). The summed E-state index contributed by atoms with van der Waals surface area (Å²) >= 11 is 0. The number of anilines is 1. The maximum Gasteiger partial charge on any atom is 0.255 e. The van der Waals surface area contributed by atoms with E-state index in [1.54, 1.807) is 18.2 Å². The van der Waals surface area contributed by atoms with E-state index in [4.69, 9.17) is 10.5 Å². The van der Waals surface area contributed by atoms with Crippen molar-refractivity contribution in [3.63, 3.8) is 0 Å². The number of carbonyl (C=O) groups excluding carboxylic acids is 1. The average Bonchev–Trinajstić information content (AvgIpc) is 2.70. The van der Waals surface area contributed by atoms with Gasteiger partial charge in [-0.3, -0.25) is 4.79 Å². The molecule has 5 heteroatoms. The molecule has 1 amide bonds. The van der Waals surface area contributed by atoms with Gasteiger partial charge < -0.3 is 20.9 Å². The molecule has 5 nitrogen and oxygen atoms in total. The molecule has 4 N–H and O–H groups in total. The molecule has 0 spiro atoms. The van der Waals surface area contributed by atoms with Crippen LogP contribution in [-0.4, -0.2) is 30.3 Å². The predicted molar refractivity (Wildman–Crippen MR) is 82.4 cm³/mol. The van der Waals surface area contributed by atoms with Crippen molar-refractivity contribution in [2.75, 3.05) is 19.4 Å². The maximum absolute atomic E-state index is 12.3. The summed E-state index contributed by atoms with van der Waals surface area (Å²) in [6.45, 7) is 0.277. The maximum atomic E-state index is 12.3. The summed E-state index contributed by atoms with van der Waals surface area (Å²) in [6.07, 6.45) is 5.82. The number of benzene rings is 1. The van der Waals surface area contributed by atoms with Gasteiger partial charge in [0.25, 0.3) is 5.91 Å². The first-order valence-electron chi connectivity index (χ1n) is 7.48. The van der Waals surface area contributed by atoms with Crippen molar-refractivity contribution >= 4 is 11.6 Å². The van der Waals surface area contributed by atoms with Crippen molar-refractivity contribution in [1.82, 2.24) is 5.32 Å². The highest BCUT2D eigenvalue weighted by Crippen LogP contribution is 2.27. The van der Waals surface area contributed by atoms with Crippen molar-refractivity contribution in [2.45, 2.75) is 44.1 Å². The molecule has 0 unspecified atom stereocenters. The van der Waals surface area contributed by atoms with Crippen LogP contribution in [0.2, 0.25) is 0 Å². The second kappa shape index (κ2) is 6.80. The van der Waals surface area contributed by atoms with Gasteiger partial charge in [-0.25, -0.2) is 0 Å². The Morgan fingerprint density at radius 1 is 1.33 bits per heavy atom. The van der Waals surface area contributed by atoms with Gasteiger partial charge in [-0.2, -0.15) is 0 Å². The van der Waals surface area contributed by atoms with Crippen LogP contribution >= 0.6 is 0 Å². The summed E-state index contributed by atoms with van der Waals surface area (Å²) in [4.78, 5) is 12.3. The molecule has 0 heterocycles. The van der Waals surface area contributed by atoms with E-state index in [-0.39, 0.29) is 12.5 Å². The zero-order valence-electron chi connectivity index (χ0n) is 12.5. The van der Waals surface area contributed by atoms with E-state index < -0.39 is 5.60 Å². The average molecular weight is 292 g/mol. The third-order valence-electron chi connectivity index (χ3n) is 4.08. The van der Waals surface area contributed by atoms with Crippen molar-refractivity contribution in [1.29, 1.82) is 0 Å². The van der Waals surface area contributed by atoms with Gasteiger partial charge in [-0.15, -0.1) is 0 Å². The highest BCUT2D eigenvalue weighted by Gasteiger charge is 2.28. The standard InChI is InChI=1S/C16H24N2O3/c1-21-14-10-12(17)6-7-13(14)15(19)18-11-16(20)8-4-2-3-5-9-16/h6-7,10,20H,2-5,8-9,11,17H2,1H3,(H,18,19). The Morgan fingerprint density at radius 2 is 2.00 bits per heavy atom. The third kappa shape index (κ3) is 4.11. The zero-order valence-corrected chi connectivity index (χ0v) is 12.5. The summed E-state index contributed by atoms with van der Waals surface area (Å²) in [6, 6.07) is 4.92. The number of hydrogen-bond acceptors (Lipinski definition) is 4. The highest BCUT2D eigenvalue weighted by molar-refractivity contribution is 5.97. The number of nitrogen functional groups attached to an aromatic ring is 1. The summed E-state index contributed by atoms with van der Waals surface area (Å²) in [5, 5.41) is 13.4. The second-order valence-corrected chi connectivity index (χ2v) is 5.78. The topological polar surface area (TPSA) is 84.6 Å². The summed E-state index contributed by atoms with van der Waals surface area (Å²) < 4.78 is 5.18. The smallest absolute Gasteiger partial charge is 0.255 e. The summed E-state index contributed by atoms with van der Waals surface area (Å²) in [5.74, 6) is 0.199. The Labute approximate surface area is 125 Å². The molecular formula is C16H24N2O3. The molecule has 21 heavy (non-hydrogen) atoms. The third-order valence-corrected chi connectivity index (χ3v) is 4.08. The molecule has 1 aromatic carbocycles. The van der Waals surface area contributed by atoms with Crippen LogP contribution in [0.15, 0.2) is 18.2 Å². The Kier molecular flexibility index (Phi) is 5.07. The first-order chi connectivity index (χ1) is 10.0.